The summed E-state index contributed by atoms with van der Waals surface area (Å²) in [7, 11) is 0. The lowest BCUT2D eigenvalue weighted by atomic mass is 10.1. The average Bonchev–Trinajstić information content (AvgIpc) is 2.84. The van der Waals surface area contributed by atoms with E-state index in [1.165, 1.54) is 0 Å². The molecule has 0 aliphatic heterocycles. The number of amides is 2. The van der Waals surface area contributed by atoms with Crippen LogP contribution in [-0.2, 0) is 22.6 Å². The third-order valence-electron chi connectivity index (χ3n) is 5.00. The fourth-order valence-corrected chi connectivity index (χ4v) is 3.20. The zero-order valence-electron chi connectivity index (χ0n) is 17.9. The quantitative estimate of drug-likeness (QED) is 0.210. The second-order valence-corrected chi connectivity index (χ2v) is 7.47. The minimum atomic E-state index is -0.359. The molecular formula is C25H28N4O3. The van der Waals surface area contributed by atoms with Crippen molar-refractivity contribution in [2.45, 2.75) is 32.2 Å². The number of benzene rings is 2. The molecule has 0 saturated carbocycles. The molecule has 1 aromatic heterocycles. The first kappa shape index (κ1) is 23.0. The summed E-state index contributed by atoms with van der Waals surface area (Å²) in [5.41, 5.74) is 6.46. The van der Waals surface area contributed by atoms with Gasteiger partial charge in [-0.3, -0.25) is 19.8 Å². The summed E-state index contributed by atoms with van der Waals surface area (Å²) in [6.07, 6.45) is 3.89. The maximum atomic E-state index is 12.2. The molecule has 166 valence electrons. The molecule has 4 N–H and O–H groups in total. The van der Waals surface area contributed by atoms with Crippen LogP contribution in [0.4, 0.5) is 5.69 Å². The summed E-state index contributed by atoms with van der Waals surface area (Å²) in [5.74, 6) is -0.414. The summed E-state index contributed by atoms with van der Waals surface area (Å²) >= 11 is 0. The van der Waals surface area contributed by atoms with Crippen LogP contribution < -0.4 is 16.1 Å². The summed E-state index contributed by atoms with van der Waals surface area (Å²) in [6, 6.07) is 21.7. The van der Waals surface area contributed by atoms with Crippen LogP contribution in [0.15, 0.2) is 72.9 Å². The normalized spacial score (nSPS) is 10.4. The van der Waals surface area contributed by atoms with Gasteiger partial charge < -0.3 is 10.6 Å². The van der Waals surface area contributed by atoms with Crippen molar-refractivity contribution >= 4 is 17.5 Å². The van der Waals surface area contributed by atoms with E-state index in [0.29, 0.717) is 19.4 Å². The molecule has 0 radical (unpaired) electrons. The number of hydroxylamine groups is 1. The molecule has 0 spiro atoms. The van der Waals surface area contributed by atoms with Gasteiger partial charge in [-0.1, -0.05) is 48.5 Å². The van der Waals surface area contributed by atoms with E-state index in [0.717, 1.165) is 41.0 Å². The van der Waals surface area contributed by atoms with Gasteiger partial charge in [-0.05, 0) is 42.2 Å². The summed E-state index contributed by atoms with van der Waals surface area (Å²) in [6.45, 7) is 1.26. The lowest BCUT2D eigenvalue weighted by Crippen LogP contribution is -2.24. The van der Waals surface area contributed by atoms with Gasteiger partial charge in [-0.25, -0.2) is 5.48 Å². The number of anilines is 1. The number of nitrogens with one attached hydrogen (secondary N) is 3. The predicted octanol–water partition coefficient (Wildman–Crippen LogP) is 3.70. The fourth-order valence-electron chi connectivity index (χ4n) is 3.20. The molecular weight excluding hydrogens is 404 g/mol. The Morgan fingerprint density at radius 1 is 0.844 bits per heavy atom. The van der Waals surface area contributed by atoms with E-state index < -0.39 is 0 Å². The number of hydrogen-bond acceptors (Lipinski definition) is 5. The molecule has 0 fully saturated rings. The molecule has 0 bridgehead atoms. The van der Waals surface area contributed by atoms with Gasteiger partial charge in [-0.2, -0.15) is 0 Å². The first-order chi connectivity index (χ1) is 15.6. The van der Waals surface area contributed by atoms with Gasteiger partial charge in [0.05, 0.1) is 6.42 Å². The maximum absolute atomic E-state index is 12.2. The van der Waals surface area contributed by atoms with Gasteiger partial charge in [-0.15, -0.1) is 0 Å². The number of carbonyl (C=O) groups excluding carboxylic acids is 2. The molecule has 0 unspecified atom stereocenters. The first-order valence-electron chi connectivity index (χ1n) is 10.7. The van der Waals surface area contributed by atoms with Crippen molar-refractivity contribution in [3.05, 3.63) is 84.2 Å². The van der Waals surface area contributed by atoms with Gasteiger partial charge in [0.1, 0.15) is 0 Å². The van der Waals surface area contributed by atoms with Crippen molar-refractivity contribution in [3.8, 4) is 11.1 Å². The molecule has 2 aromatic carbocycles. The lowest BCUT2D eigenvalue weighted by molar-refractivity contribution is -0.129. The average molecular weight is 433 g/mol. The van der Waals surface area contributed by atoms with E-state index in [1.807, 2.05) is 66.7 Å². The molecule has 7 heteroatoms. The van der Waals surface area contributed by atoms with Gasteiger partial charge >= 0.3 is 0 Å². The number of hydrogen-bond donors (Lipinski definition) is 4. The van der Waals surface area contributed by atoms with Crippen molar-refractivity contribution in [2.24, 2.45) is 0 Å². The van der Waals surface area contributed by atoms with Crippen LogP contribution in [0.5, 0.6) is 0 Å². The first-order valence-corrected chi connectivity index (χ1v) is 10.7. The Morgan fingerprint density at radius 2 is 1.59 bits per heavy atom. The van der Waals surface area contributed by atoms with E-state index in [4.69, 9.17) is 5.21 Å². The number of pyridine rings is 1. The molecule has 0 saturated heterocycles. The van der Waals surface area contributed by atoms with Crippen molar-refractivity contribution < 1.29 is 14.8 Å². The summed E-state index contributed by atoms with van der Waals surface area (Å²) in [4.78, 5) is 27.6. The number of aromatic nitrogens is 1. The van der Waals surface area contributed by atoms with Crippen LogP contribution >= 0.6 is 0 Å². The third-order valence-corrected chi connectivity index (χ3v) is 5.00. The Bertz CT molecular complexity index is 990. The van der Waals surface area contributed by atoms with E-state index in [1.54, 1.807) is 11.7 Å². The second-order valence-electron chi connectivity index (χ2n) is 7.47. The molecule has 3 rings (SSSR count). The SMILES string of the molecule is O=C(CCCCNc1ccc(-c2ccc(CC(=O)NCc3ccccc3)nc2)cc1)NO. The van der Waals surface area contributed by atoms with E-state index in [-0.39, 0.29) is 18.2 Å². The highest BCUT2D eigenvalue weighted by Gasteiger charge is 2.06. The van der Waals surface area contributed by atoms with Gasteiger partial charge in [0.15, 0.2) is 0 Å². The number of carbonyl (C=O) groups is 2. The maximum Gasteiger partial charge on any atom is 0.243 e. The standard InChI is InChI=1S/C25H28N4O3/c30-24(29-32)8-4-5-15-26-22-12-9-20(10-13-22)21-11-14-23(27-18-21)16-25(31)28-17-19-6-2-1-3-7-19/h1-3,6-7,9-14,18,26,32H,4-5,8,15-17H2,(H,28,31)(H,29,30). The molecule has 0 aliphatic rings. The Hall–Kier alpha value is -3.71. The van der Waals surface area contributed by atoms with Crippen LogP contribution in [0.3, 0.4) is 0 Å². The zero-order chi connectivity index (χ0) is 22.6. The van der Waals surface area contributed by atoms with Gasteiger partial charge in [0.25, 0.3) is 0 Å². The second kappa shape index (κ2) is 12.2. The van der Waals surface area contributed by atoms with Gasteiger partial charge in [0.2, 0.25) is 11.8 Å². The minimum absolute atomic E-state index is 0.0541. The molecule has 1 heterocycles. The lowest BCUT2D eigenvalue weighted by Gasteiger charge is -2.08. The van der Waals surface area contributed by atoms with Crippen LogP contribution in [-0.4, -0.2) is 28.6 Å². The highest BCUT2D eigenvalue weighted by Crippen LogP contribution is 2.21. The Morgan fingerprint density at radius 3 is 2.28 bits per heavy atom. The highest BCUT2D eigenvalue weighted by atomic mass is 16.5. The van der Waals surface area contributed by atoms with Crippen LogP contribution in [0.2, 0.25) is 0 Å². The fraction of sp³-hybridized carbons (Fsp3) is 0.240. The van der Waals surface area contributed by atoms with Crippen molar-refractivity contribution in [2.75, 3.05) is 11.9 Å². The van der Waals surface area contributed by atoms with E-state index in [2.05, 4.69) is 15.6 Å². The van der Waals surface area contributed by atoms with Crippen LogP contribution in [0.1, 0.15) is 30.5 Å². The molecule has 7 nitrogen and oxygen atoms in total. The topological polar surface area (TPSA) is 103 Å². The smallest absolute Gasteiger partial charge is 0.243 e. The van der Waals surface area contributed by atoms with Crippen LogP contribution in [0, 0.1) is 0 Å². The number of nitrogens with zero attached hydrogens (tertiary/aromatic N) is 1. The zero-order valence-corrected chi connectivity index (χ0v) is 17.9. The van der Waals surface area contributed by atoms with Gasteiger partial charge in [0, 0.05) is 42.7 Å². The predicted molar refractivity (Wildman–Crippen MR) is 124 cm³/mol. The number of rotatable bonds is 11. The summed E-state index contributed by atoms with van der Waals surface area (Å²) in [5, 5.41) is 14.7. The summed E-state index contributed by atoms with van der Waals surface area (Å²) < 4.78 is 0. The Balaban J connectivity index is 1.43. The van der Waals surface area contributed by atoms with Crippen molar-refractivity contribution in [1.82, 2.24) is 15.8 Å². The number of unbranched alkanes of at least 4 members (excludes halogenated alkanes) is 1. The molecule has 3 aromatic rings. The Labute approximate surface area is 187 Å². The van der Waals surface area contributed by atoms with E-state index >= 15 is 0 Å². The minimum Gasteiger partial charge on any atom is -0.385 e. The van der Waals surface area contributed by atoms with Crippen molar-refractivity contribution in [1.29, 1.82) is 0 Å². The Kier molecular flexibility index (Phi) is 8.77. The largest absolute Gasteiger partial charge is 0.385 e. The molecule has 2 amide bonds. The molecule has 0 atom stereocenters. The van der Waals surface area contributed by atoms with Crippen molar-refractivity contribution in [3.63, 3.8) is 0 Å². The third kappa shape index (κ3) is 7.52. The van der Waals surface area contributed by atoms with E-state index in [9.17, 15) is 9.59 Å². The molecule has 32 heavy (non-hydrogen) atoms. The molecule has 0 aliphatic carbocycles. The monoisotopic (exact) mass is 432 g/mol. The van der Waals surface area contributed by atoms with Crippen LogP contribution in [0.25, 0.3) is 11.1 Å². The highest BCUT2D eigenvalue weighted by molar-refractivity contribution is 5.78.